The van der Waals surface area contributed by atoms with Crippen LogP contribution in [0.4, 0.5) is 0 Å². The number of benzene rings is 2. The van der Waals surface area contributed by atoms with E-state index in [-0.39, 0.29) is 0 Å². The lowest BCUT2D eigenvalue weighted by Gasteiger charge is -2.19. The first-order chi connectivity index (χ1) is 13.8. The van der Waals surface area contributed by atoms with Crippen LogP contribution in [0.2, 0.25) is 0 Å². The third-order valence-electron chi connectivity index (χ3n) is 4.78. The van der Waals surface area contributed by atoms with Crippen LogP contribution in [0.25, 0.3) is 11.0 Å². The van der Waals surface area contributed by atoms with Gasteiger partial charge in [0.1, 0.15) is 11.3 Å². The van der Waals surface area contributed by atoms with Gasteiger partial charge in [0, 0.05) is 17.0 Å². The van der Waals surface area contributed by atoms with Gasteiger partial charge in [0.15, 0.2) is 12.1 Å². The van der Waals surface area contributed by atoms with Gasteiger partial charge in [-0.3, -0.25) is 4.79 Å². The predicted molar refractivity (Wildman–Crippen MR) is 107 cm³/mol. The third-order valence-corrected chi connectivity index (χ3v) is 4.78. The second-order valence-corrected chi connectivity index (χ2v) is 6.75. The van der Waals surface area contributed by atoms with Crippen molar-refractivity contribution < 1.29 is 23.8 Å². The summed E-state index contributed by atoms with van der Waals surface area (Å²) in [4.78, 5) is 35.9. The molecule has 0 aliphatic rings. The molecule has 3 aromatic rings. The lowest BCUT2D eigenvalue weighted by Crippen LogP contribution is -2.41. The topological polar surface area (TPSA) is 106 Å². The molecule has 0 aliphatic heterocycles. The van der Waals surface area contributed by atoms with Gasteiger partial charge in [-0.05, 0) is 44.0 Å². The van der Waals surface area contributed by atoms with E-state index in [1.165, 1.54) is 6.92 Å². The Bertz CT molecular complexity index is 1120. The standard InChI is InChI=1S/C22H21NO6/c1-12-13(2)22(27)29-18-11-16(9-10-17(12)18)28-14(3)20(24)23-19(21(25)26)15-7-5-4-6-8-15/h4-11,14,19H,1-3H3,(H,23,24)(H,25,26)/t14-,19+/m1/s1. The summed E-state index contributed by atoms with van der Waals surface area (Å²) in [5, 5.41) is 12.7. The zero-order chi connectivity index (χ0) is 21.1. The van der Waals surface area contributed by atoms with Gasteiger partial charge in [-0.1, -0.05) is 30.3 Å². The molecule has 0 bridgehead atoms. The lowest BCUT2D eigenvalue weighted by atomic mass is 10.1. The van der Waals surface area contributed by atoms with Crippen molar-refractivity contribution in [3.63, 3.8) is 0 Å². The molecule has 0 spiro atoms. The highest BCUT2D eigenvalue weighted by atomic mass is 16.5. The fourth-order valence-electron chi connectivity index (χ4n) is 2.95. The van der Waals surface area contributed by atoms with Gasteiger partial charge in [-0.15, -0.1) is 0 Å². The number of ether oxygens (including phenoxy) is 1. The van der Waals surface area contributed by atoms with Crippen LogP contribution in [0.3, 0.4) is 0 Å². The Kier molecular flexibility index (Phi) is 5.68. The molecule has 150 valence electrons. The van der Waals surface area contributed by atoms with Crippen LogP contribution in [0.5, 0.6) is 5.75 Å². The van der Waals surface area contributed by atoms with Crippen LogP contribution < -0.4 is 15.7 Å². The van der Waals surface area contributed by atoms with E-state index in [0.717, 1.165) is 10.9 Å². The predicted octanol–water partition coefficient (Wildman–Crippen LogP) is 3.12. The summed E-state index contributed by atoms with van der Waals surface area (Å²) >= 11 is 0. The average Bonchev–Trinajstić information content (AvgIpc) is 2.70. The SMILES string of the molecule is Cc1c(C)c2ccc(O[C@H](C)C(=O)N[C@H](C(=O)O)c3ccccc3)cc2oc1=O. The summed E-state index contributed by atoms with van der Waals surface area (Å²) in [7, 11) is 0. The number of aryl methyl sites for hydroxylation is 1. The number of nitrogens with one attached hydrogen (secondary N) is 1. The summed E-state index contributed by atoms with van der Waals surface area (Å²) in [5.74, 6) is -1.42. The molecular weight excluding hydrogens is 374 g/mol. The second-order valence-electron chi connectivity index (χ2n) is 6.75. The van der Waals surface area contributed by atoms with Crippen LogP contribution in [0.15, 0.2) is 57.7 Å². The normalized spacial score (nSPS) is 12.9. The number of carbonyl (C=O) groups excluding carboxylic acids is 1. The highest BCUT2D eigenvalue weighted by Crippen LogP contribution is 2.24. The van der Waals surface area contributed by atoms with Crippen LogP contribution >= 0.6 is 0 Å². The van der Waals surface area contributed by atoms with Gasteiger partial charge in [-0.25, -0.2) is 9.59 Å². The molecule has 0 unspecified atom stereocenters. The van der Waals surface area contributed by atoms with Gasteiger partial charge in [0.05, 0.1) is 0 Å². The van der Waals surface area contributed by atoms with E-state index >= 15 is 0 Å². The van der Waals surface area contributed by atoms with Gasteiger partial charge < -0.3 is 19.6 Å². The van der Waals surface area contributed by atoms with Crippen molar-refractivity contribution in [3.05, 3.63) is 75.6 Å². The number of hydrogen-bond donors (Lipinski definition) is 2. The smallest absolute Gasteiger partial charge is 0.339 e. The van der Waals surface area contributed by atoms with Crippen LogP contribution in [0, 0.1) is 13.8 Å². The number of amides is 1. The van der Waals surface area contributed by atoms with Gasteiger partial charge in [-0.2, -0.15) is 0 Å². The van der Waals surface area contributed by atoms with E-state index in [0.29, 0.717) is 22.5 Å². The van der Waals surface area contributed by atoms with E-state index in [1.54, 1.807) is 55.5 Å². The molecule has 3 rings (SSSR count). The monoisotopic (exact) mass is 395 g/mol. The summed E-state index contributed by atoms with van der Waals surface area (Å²) in [6, 6.07) is 12.2. The second kappa shape index (κ2) is 8.18. The number of carboxylic acids is 1. The summed E-state index contributed by atoms with van der Waals surface area (Å²) in [6.07, 6.45) is -0.962. The molecule has 7 heteroatoms. The van der Waals surface area contributed by atoms with E-state index in [4.69, 9.17) is 9.15 Å². The molecule has 1 aromatic heterocycles. The maximum atomic E-state index is 12.5. The molecule has 0 saturated heterocycles. The quantitative estimate of drug-likeness (QED) is 0.621. The fourth-order valence-corrected chi connectivity index (χ4v) is 2.95. The van der Waals surface area contributed by atoms with Gasteiger partial charge >= 0.3 is 11.6 Å². The largest absolute Gasteiger partial charge is 0.481 e. The van der Waals surface area contributed by atoms with Crippen LogP contribution in [-0.4, -0.2) is 23.1 Å². The molecule has 2 aromatic carbocycles. The van der Waals surface area contributed by atoms with Crippen molar-refractivity contribution >= 4 is 22.8 Å². The average molecular weight is 395 g/mol. The molecule has 2 N–H and O–H groups in total. The summed E-state index contributed by atoms with van der Waals surface area (Å²) < 4.78 is 10.9. The maximum absolute atomic E-state index is 12.5. The Balaban J connectivity index is 1.77. The first kappa shape index (κ1) is 20.1. The Hall–Kier alpha value is -3.61. The Morgan fingerprint density at radius 3 is 2.41 bits per heavy atom. The first-order valence-corrected chi connectivity index (χ1v) is 9.06. The maximum Gasteiger partial charge on any atom is 0.339 e. The van der Waals surface area contributed by atoms with E-state index < -0.39 is 29.6 Å². The van der Waals surface area contributed by atoms with Crippen LogP contribution in [-0.2, 0) is 9.59 Å². The molecule has 0 radical (unpaired) electrons. The number of aliphatic carboxylic acids is 1. The Morgan fingerprint density at radius 1 is 1.07 bits per heavy atom. The molecule has 2 atom stereocenters. The lowest BCUT2D eigenvalue weighted by molar-refractivity contribution is -0.143. The minimum absolute atomic E-state index is 0.332. The Morgan fingerprint density at radius 2 is 1.76 bits per heavy atom. The van der Waals surface area contributed by atoms with Gasteiger partial charge in [0.2, 0.25) is 0 Å². The zero-order valence-electron chi connectivity index (χ0n) is 16.3. The molecule has 0 saturated carbocycles. The minimum Gasteiger partial charge on any atom is -0.481 e. The zero-order valence-corrected chi connectivity index (χ0v) is 16.3. The number of carboxylic acid groups (broad SMARTS) is 1. The van der Waals surface area contributed by atoms with E-state index in [9.17, 15) is 19.5 Å². The fraction of sp³-hybridized carbons (Fsp3) is 0.227. The van der Waals surface area contributed by atoms with Crippen molar-refractivity contribution in [2.45, 2.75) is 32.9 Å². The first-order valence-electron chi connectivity index (χ1n) is 9.06. The molecule has 0 aliphatic carbocycles. The molecule has 1 heterocycles. The van der Waals surface area contributed by atoms with E-state index in [2.05, 4.69) is 5.32 Å². The Labute approximate surface area is 166 Å². The molecule has 7 nitrogen and oxygen atoms in total. The number of rotatable bonds is 6. The van der Waals surface area contributed by atoms with Crippen molar-refractivity contribution in [1.29, 1.82) is 0 Å². The number of carbonyl (C=O) groups is 2. The third kappa shape index (κ3) is 4.29. The van der Waals surface area contributed by atoms with Crippen molar-refractivity contribution in [3.8, 4) is 5.75 Å². The summed E-state index contributed by atoms with van der Waals surface area (Å²) in [5.41, 5.74) is 1.75. The van der Waals surface area contributed by atoms with E-state index in [1.807, 2.05) is 6.92 Å². The molecule has 0 fully saturated rings. The number of hydrogen-bond acceptors (Lipinski definition) is 5. The molecule has 29 heavy (non-hydrogen) atoms. The minimum atomic E-state index is -1.19. The van der Waals surface area contributed by atoms with Gasteiger partial charge in [0.25, 0.3) is 5.91 Å². The molecular formula is C22H21NO6. The highest BCUT2D eigenvalue weighted by Gasteiger charge is 2.25. The highest BCUT2D eigenvalue weighted by molar-refractivity contribution is 5.87. The van der Waals surface area contributed by atoms with Crippen molar-refractivity contribution in [1.82, 2.24) is 5.32 Å². The number of fused-ring (bicyclic) bond motifs is 1. The van der Waals surface area contributed by atoms with Crippen molar-refractivity contribution in [2.75, 3.05) is 0 Å². The summed E-state index contributed by atoms with van der Waals surface area (Å²) in [6.45, 7) is 5.05. The van der Waals surface area contributed by atoms with Crippen LogP contribution in [0.1, 0.15) is 29.7 Å². The molecule has 1 amide bonds. The van der Waals surface area contributed by atoms with Crippen molar-refractivity contribution in [2.24, 2.45) is 0 Å².